The van der Waals surface area contributed by atoms with E-state index in [-0.39, 0.29) is 5.69 Å². The monoisotopic (exact) mass is 382 g/mol. The van der Waals surface area contributed by atoms with Crippen molar-refractivity contribution < 1.29 is 14.8 Å². The van der Waals surface area contributed by atoms with Gasteiger partial charge in [0.25, 0.3) is 5.69 Å². The number of rotatable bonds is 8. The fourth-order valence-electron chi connectivity index (χ4n) is 2.96. The number of aromatic nitrogens is 2. The van der Waals surface area contributed by atoms with Crippen molar-refractivity contribution in [2.45, 2.75) is 12.6 Å². The molecule has 1 aromatic heterocycles. The minimum atomic E-state index is -0.672. The Morgan fingerprint density at radius 3 is 2.71 bits per heavy atom. The summed E-state index contributed by atoms with van der Waals surface area (Å²) in [5.41, 5.74) is 3.31. The molecule has 1 unspecified atom stereocenters. The molecule has 2 aromatic carbocycles. The van der Waals surface area contributed by atoms with Crippen LogP contribution >= 0.6 is 0 Å². The van der Waals surface area contributed by atoms with Crippen LogP contribution < -0.4 is 10.1 Å². The van der Waals surface area contributed by atoms with E-state index in [4.69, 9.17) is 4.74 Å². The summed E-state index contributed by atoms with van der Waals surface area (Å²) in [6.07, 6.45) is 1.22. The lowest BCUT2D eigenvalue weighted by Gasteiger charge is -2.13. The second-order valence-electron chi connectivity index (χ2n) is 6.40. The molecular formula is C20H22N4O4. The van der Waals surface area contributed by atoms with Crippen LogP contribution in [0.15, 0.2) is 54.7 Å². The number of nitrogens with zero attached hydrogens (tertiary/aromatic N) is 3. The number of benzene rings is 2. The summed E-state index contributed by atoms with van der Waals surface area (Å²) >= 11 is 0. The van der Waals surface area contributed by atoms with Crippen LogP contribution in [0.4, 0.5) is 5.69 Å². The van der Waals surface area contributed by atoms with Crippen molar-refractivity contribution >= 4 is 5.69 Å². The molecule has 3 rings (SSSR count). The summed E-state index contributed by atoms with van der Waals surface area (Å²) in [5.74, 6) is 0.698. The minimum Gasteiger partial charge on any atom is -0.497 e. The van der Waals surface area contributed by atoms with Crippen LogP contribution in [-0.2, 0) is 13.6 Å². The van der Waals surface area contributed by atoms with E-state index >= 15 is 0 Å². The minimum absolute atomic E-state index is 0.0424. The first-order chi connectivity index (χ1) is 13.5. The number of hydrogen-bond donors (Lipinski definition) is 2. The average Bonchev–Trinajstić information content (AvgIpc) is 3.08. The van der Waals surface area contributed by atoms with Crippen molar-refractivity contribution in [2.24, 2.45) is 7.05 Å². The van der Waals surface area contributed by atoms with Crippen molar-refractivity contribution in [3.8, 4) is 17.0 Å². The Balaban J connectivity index is 1.67. The molecule has 1 heterocycles. The van der Waals surface area contributed by atoms with Gasteiger partial charge in [0.15, 0.2) is 0 Å². The fourth-order valence-corrected chi connectivity index (χ4v) is 2.96. The molecule has 28 heavy (non-hydrogen) atoms. The first kappa shape index (κ1) is 19.5. The molecule has 1 atom stereocenters. The first-order valence-corrected chi connectivity index (χ1v) is 8.78. The highest BCUT2D eigenvalue weighted by molar-refractivity contribution is 5.64. The second-order valence-corrected chi connectivity index (χ2v) is 6.40. The number of aliphatic hydroxyl groups excluding tert-OH is 1. The number of nitro groups is 1. The molecule has 8 nitrogen and oxygen atoms in total. The van der Waals surface area contributed by atoms with E-state index in [2.05, 4.69) is 10.4 Å². The largest absolute Gasteiger partial charge is 0.497 e. The van der Waals surface area contributed by atoms with Gasteiger partial charge in [0.2, 0.25) is 0 Å². The van der Waals surface area contributed by atoms with Crippen LogP contribution in [-0.4, -0.2) is 33.5 Å². The number of aliphatic hydroxyl groups is 1. The van der Waals surface area contributed by atoms with Crippen molar-refractivity contribution in [1.29, 1.82) is 0 Å². The lowest BCUT2D eigenvalue weighted by atomic mass is 10.1. The van der Waals surface area contributed by atoms with E-state index < -0.39 is 11.0 Å². The number of nitro benzene ring substituents is 1. The SMILES string of the molecule is COc1cccc(C(O)CNCc2cn(C)nc2-c2ccc([N+](=O)[O-])cc2)c1. The number of aryl methyl sites for hydroxylation is 1. The van der Waals surface area contributed by atoms with E-state index in [1.807, 2.05) is 31.4 Å². The summed E-state index contributed by atoms with van der Waals surface area (Å²) in [7, 11) is 3.41. The zero-order chi connectivity index (χ0) is 20.1. The second kappa shape index (κ2) is 8.64. The summed E-state index contributed by atoms with van der Waals surface area (Å²) in [4.78, 5) is 10.4. The Labute approximate surface area is 162 Å². The Morgan fingerprint density at radius 2 is 2.04 bits per heavy atom. The summed E-state index contributed by atoms with van der Waals surface area (Å²) < 4.78 is 6.89. The number of hydrogen-bond acceptors (Lipinski definition) is 6. The maximum Gasteiger partial charge on any atom is 0.269 e. The van der Waals surface area contributed by atoms with Gasteiger partial charge >= 0.3 is 0 Å². The van der Waals surface area contributed by atoms with Gasteiger partial charge in [-0.05, 0) is 29.8 Å². The molecule has 0 saturated carbocycles. The molecule has 0 radical (unpaired) electrons. The lowest BCUT2D eigenvalue weighted by Crippen LogP contribution is -2.21. The molecule has 0 aliphatic carbocycles. The maximum absolute atomic E-state index is 10.8. The van der Waals surface area contributed by atoms with Crippen molar-refractivity contribution in [3.63, 3.8) is 0 Å². The van der Waals surface area contributed by atoms with Gasteiger partial charge in [0, 0.05) is 49.6 Å². The molecule has 0 aliphatic rings. The van der Waals surface area contributed by atoms with Crippen molar-refractivity contribution in [3.05, 3.63) is 76.0 Å². The zero-order valence-corrected chi connectivity index (χ0v) is 15.7. The molecule has 0 fully saturated rings. The van der Waals surface area contributed by atoms with E-state index in [1.165, 1.54) is 12.1 Å². The number of methoxy groups -OCH3 is 1. The van der Waals surface area contributed by atoms with Crippen LogP contribution in [0, 0.1) is 10.1 Å². The topological polar surface area (TPSA) is 102 Å². The van der Waals surface area contributed by atoms with Gasteiger partial charge in [-0.3, -0.25) is 14.8 Å². The maximum atomic E-state index is 10.8. The Kier molecular flexibility index (Phi) is 6.03. The van der Waals surface area contributed by atoms with Gasteiger partial charge < -0.3 is 15.2 Å². The van der Waals surface area contributed by atoms with Gasteiger partial charge in [0.05, 0.1) is 23.8 Å². The van der Waals surface area contributed by atoms with Gasteiger partial charge in [0.1, 0.15) is 5.75 Å². The van der Waals surface area contributed by atoms with E-state index in [9.17, 15) is 15.2 Å². The molecule has 0 saturated heterocycles. The Hall–Kier alpha value is -3.23. The first-order valence-electron chi connectivity index (χ1n) is 8.78. The van der Waals surface area contributed by atoms with Crippen LogP contribution in [0.1, 0.15) is 17.2 Å². The Bertz CT molecular complexity index is 953. The molecule has 8 heteroatoms. The third-order valence-corrected chi connectivity index (χ3v) is 4.39. The molecule has 3 aromatic rings. The quantitative estimate of drug-likeness (QED) is 0.459. The highest BCUT2D eigenvalue weighted by Gasteiger charge is 2.13. The Morgan fingerprint density at radius 1 is 1.29 bits per heavy atom. The molecule has 0 amide bonds. The van der Waals surface area contributed by atoms with E-state index in [1.54, 1.807) is 30.0 Å². The van der Waals surface area contributed by atoms with Gasteiger partial charge in [-0.2, -0.15) is 5.10 Å². The normalized spacial score (nSPS) is 12.0. The number of nitrogens with one attached hydrogen (secondary N) is 1. The van der Waals surface area contributed by atoms with Gasteiger partial charge in [-0.15, -0.1) is 0 Å². The molecular weight excluding hydrogens is 360 g/mol. The molecule has 0 bridgehead atoms. The van der Waals surface area contributed by atoms with Crippen LogP contribution in [0.25, 0.3) is 11.3 Å². The third-order valence-electron chi connectivity index (χ3n) is 4.39. The van der Waals surface area contributed by atoms with E-state index in [0.29, 0.717) is 18.8 Å². The molecule has 0 aliphatic heterocycles. The van der Waals surface area contributed by atoms with Crippen LogP contribution in [0.3, 0.4) is 0 Å². The van der Waals surface area contributed by atoms with Gasteiger partial charge in [-0.1, -0.05) is 12.1 Å². The van der Waals surface area contributed by atoms with Crippen molar-refractivity contribution in [2.75, 3.05) is 13.7 Å². The van der Waals surface area contributed by atoms with Crippen molar-refractivity contribution in [1.82, 2.24) is 15.1 Å². The highest BCUT2D eigenvalue weighted by Crippen LogP contribution is 2.24. The smallest absolute Gasteiger partial charge is 0.269 e. The fraction of sp³-hybridized carbons (Fsp3) is 0.250. The number of ether oxygens (including phenoxy) is 1. The van der Waals surface area contributed by atoms with Crippen LogP contribution in [0.5, 0.6) is 5.75 Å². The summed E-state index contributed by atoms with van der Waals surface area (Å²) in [5, 5.41) is 28.9. The highest BCUT2D eigenvalue weighted by atomic mass is 16.6. The van der Waals surface area contributed by atoms with E-state index in [0.717, 1.165) is 22.4 Å². The lowest BCUT2D eigenvalue weighted by molar-refractivity contribution is -0.384. The third kappa shape index (κ3) is 4.54. The average molecular weight is 382 g/mol. The predicted octanol–water partition coefficient (Wildman–Crippen LogP) is 2.83. The zero-order valence-electron chi connectivity index (χ0n) is 15.7. The predicted molar refractivity (Wildman–Crippen MR) is 105 cm³/mol. The molecule has 2 N–H and O–H groups in total. The van der Waals surface area contributed by atoms with Gasteiger partial charge in [-0.25, -0.2) is 0 Å². The summed E-state index contributed by atoms with van der Waals surface area (Å²) in [6, 6.07) is 13.6. The standard InChI is InChI=1S/C20H22N4O4/c1-23-13-16(20(22-23)14-6-8-17(9-7-14)24(26)27)11-21-12-19(25)15-4-3-5-18(10-15)28-2/h3-10,13,19,21,25H,11-12H2,1-2H3. The van der Waals surface area contributed by atoms with Crippen LogP contribution in [0.2, 0.25) is 0 Å². The summed E-state index contributed by atoms with van der Waals surface area (Å²) in [6.45, 7) is 0.864. The molecule has 146 valence electrons. The number of non-ortho nitro benzene ring substituents is 1. The molecule has 0 spiro atoms.